The monoisotopic (exact) mass is 469 g/mol. The zero-order valence-electron chi connectivity index (χ0n) is 17.3. The number of carbonyl (C=O) groups is 1. The lowest BCUT2D eigenvalue weighted by molar-refractivity contribution is 0.0934. The van der Waals surface area contributed by atoms with Crippen molar-refractivity contribution in [2.45, 2.75) is 17.9 Å². The van der Waals surface area contributed by atoms with E-state index in [9.17, 15) is 13.2 Å². The van der Waals surface area contributed by atoms with E-state index in [2.05, 4.69) is 10.4 Å². The van der Waals surface area contributed by atoms with Gasteiger partial charge in [0.05, 0.1) is 22.9 Å². The number of sulfone groups is 1. The van der Waals surface area contributed by atoms with Crippen molar-refractivity contribution in [3.05, 3.63) is 89.3 Å². The van der Waals surface area contributed by atoms with E-state index in [1.54, 1.807) is 59.5 Å². The number of carbonyl (C=O) groups excluding carboxylic acids is 1. The third-order valence-electron chi connectivity index (χ3n) is 4.92. The highest BCUT2D eigenvalue weighted by Gasteiger charge is 2.20. The van der Waals surface area contributed by atoms with Gasteiger partial charge in [-0.15, -0.1) is 0 Å². The fraction of sp³-hybridized carbons (Fsp3) is 0.130. The Balaban J connectivity index is 1.62. The van der Waals surface area contributed by atoms with Crippen molar-refractivity contribution in [1.29, 1.82) is 0 Å². The Hall–Kier alpha value is -3.36. The smallest absolute Gasteiger partial charge is 0.272 e. The highest BCUT2D eigenvalue weighted by Crippen LogP contribution is 2.26. The molecule has 1 amide bonds. The summed E-state index contributed by atoms with van der Waals surface area (Å²) in [7, 11) is -3.28. The fourth-order valence-corrected chi connectivity index (χ4v) is 4.07. The molecule has 0 saturated heterocycles. The van der Waals surface area contributed by atoms with Crippen LogP contribution in [0.4, 0.5) is 0 Å². The number of hydrogen-bond donors (Lipinski definition) is 1. The molecule has 4 rings (SSSR count). The van der Waals surface area contributed by atoms with Crippen molar-refractivity contribution in [3.63, 3.8) is 0 Å². The van der Waals surface area contributed by atoms with Crippen molar-refractivity contribution in [2.75, 3.05) is 6.26 Å². The summed E-state index contributed by atoms with van der Waals surface area (Å²) in [5.41, 5.74) is 2.27. The number of hydrogen-bond acceptors (Lipinski definition) is 5. The summed E-state index contributed by atoms with van der Waals surface area (Å²) < 4.78 is 30.4. The van der Waals surface area contributed by atoms with E-state index in [0.29, 0.717) is 22.2 Å². The van der Waals surface area contributed by atoms with Crippen molar-refractivity contribution < 1.29 is 17.6 Å². The molecule has 4 aromatic rings. The van der Waals surface area contributed by atoms with Crippen LogP contribution in [0.2, 0.25) is 5.02 Å². The van der Waals surface area contributed by atoms with E-state index in [4.69, 9.17) is 16.0 Å². The molecule has 164 valence electrons. The van der Waals surface area contributed by atoms with Crippen LogP contribution in [0.25, 0.3) is 17.1 Å². The molecular formula is C23H20ClN3O4S. The van der Waals surface area contributed by atoms with Crippen LogP contribution in [0.1, 0.15) is 29.0 Å². The molecule has 2 aromatic carbocycles. The SMILES string of the molecule is CC(NC(=O)c1cc(-c2ccco2)n(-c2cccc(Cl)c2)n1)c1ccc(S(C)(=O)=O)cc1. The lowest BCUT2D eigenvalue weighted by Crippen LogP contribution is -2.27. The molecule has 0 spiro atoms. The van der Waals surface area contributed by atoms with Gasteiger partial charge in [0.1, 0.15) is 5.69 Å². The molecule has 32 heavy (non-hydrogen) atoms. The molecule has 0 aliphatic rings. The van der Waals surface area contributed by atoms with Gasteiger partial charge in [-0.3, -0.25) is 4.79 Å². The largest absolute Gasteiger partial charge is 0.463 e. The quantitative estimate of drug-likeness (QED) is 0.442. The van der Waals surface area contributed by atoms with Crippen molar-refractivity contribution in [3.8, 4) is 17.1 Å². The number of furan rings is 1. The van der Waals surface area contributed by atoms with Gasteiger partial charge in [-0.2, -0.15) is 5.10 Å². The third-order valence-corrected chi connectivity index (χ3v) is 6.29. The lowest BCUT2D eigenvalue weighted by atomic mass is 10.1. The highest BCUT2D eigenvalue weighted by molar-refractivity contribution is 7.90. The first-order chi connectivity index (χ1) is 15.2. The first kappa shape index (κ1) is 21.9. The number of aromatic nitrogens is 2. The Labute approximate surface area is 190 Å². The Morgan fingerprint density at radius 2 is 1.84 bits per heavy atom. The fourth-order valence-electron chi connectivity index (χ4n) is 3.25. The second-order valence-corrected chi connectivity index (χ2v) is 9.77. The van der Waals surface area contributed by atoms with Gasteiger partial charge in [-0.25, -0.2) is 13.1 Å². The molecule has 0 aliphatic heterocycles. The molecule has 7 nitrogen and oxygen atoms in total. The van der Waals surface area contributed by atoms with Gasteiger partial charge in [0.15, 0.2) is 21.3 Å². The molecule has 0 aliphatic carbocycles. The first-order valence-electron chi connectivity index (χ1n) is 9.73. The van der Waals surface area contributed by atoms with Crippen LogP contribution in [-0.2, 0) is 9.84 Å². The Morgan fingerprint density at radius 1 is 1.09 bits per heavy atom. The van der Waals surface area contributed by atoms with Gasteiger partial charge in [0.2, 0.25) is 0 Å². The minimum Gasteiger partial charge on any atom is -0.463 e. The second kappa shape index (κ2) is 8.64. The summed E-state index contributed by atoms with van der Waals surface area (Å²) >= 11 is 6.14. The van der Waals surface area contributed by atoms with Crippen LogP contribution >= 0.6 is 11.6 Å². The summed E-state index contributed by atoms with van der Waals surface area (Å²) in [6, 6.07) is 18.4. The van der Waals surface area contributed by atoms with Gasteiger partial charge < -0.3 is 9.73 Å². The molecular weight excluding hydrogens is 450 g/mol. The maximum Gasteiger partial charge on any atom is 0.272 e. The Morgan fingerprint density at radius 3 is 2.47 bits per heavy atom. The summed E-state index contributed by atoms with van der Waals surface area (Å²) in [5, 5.41) is 7.92. The van der Waals surface area contributed by atoms with Crippen LogP contribution < -0.4 is 5.32 Å². The van der Waals surface area contributed by atoms with Crippen LogP contribution in [-0.4, -0.2) is 30.4 Å². The van der Waals surface area contributed by atoms with E-state index in [1.165, 1.54) is 12.1 Å². The predicted molar refractivity (Wildman–Crippen MR) is 122 cm³/mol. The summed E-state index contributed by atoms with van der Waals surface area (Å²) in [6.45, 7) is 1.81. The third kappa shape index (κ3) is 4.61. The first-order valence-corrected chi connectivity index (χ1v) is 12.0. The zero-order valence-corrected chi connectivity index (χ0v) is 18.9. The van der Waals surface area contributed by atoms with E-state index < -0.39 is 9.84 Å². The van der Waals surface area contributed by atoms with E-state index in [-0.39, 0.29) is 22.5 Å². The minimum atomic E-state index is -3.28. The molecule has 1 unspecified atom stereocenters. The lowest BCUT2D eigenvalue weighted by Gasteiger charge is -2.14. The number of nitrogens with zero attached hydrogens (tertiary/aromatic N) is 2. The van der Waals surface area contributed by atoms with Crippen LogP contribution in [0.5, 0.6) is 0 Å². The summed E-state index contributed by atoms with van der Waals surface area (Å²) in [6.07, 6.45) is 2.70. The van der Waals surface area contributed by atoms with Gasteiger partial charge >= 0.3 is 0 Å². The summed E-state index contributed by atoms with van der Waals surface area (Å²) in [5.74, 6) is 0.180. The average molecular weight is 470 g/mol. The molecule has 2 heterocycles. The minimum absolute atomic E-state index is 0.205. The number of nitrogens with one attached hydrogen (secondary N) is 1. The Kier molecular flexibility index (Phi) is 5.90. The van der Waals surface area contributed by atoms with Gasteiger partial charge in [-0.05, 0) is 55.0 Å². The molecule has 0 saturated carbocycles. The van der Waals surface area contributed by atoms with Gasteiger partial charge in [-0.1, -0.05) is 29.8 Å². The van der Waals surface area contributed by atoms with Crippen LogP contribution in [0, 0.1) is 0 Å². The topological polar surface area (TPSA) is 94.2 Å². The van der Waals surface area contributed by atoms with Crippen LogP contribution in [0.15, 0.2) is 82.3 Å². The molecule has 0 bridgehead atoms. The number of amides is 1. The van der Waals surface area contributed by atoms with Crippen molar-refractivity contribution in [1.82, 2.24) is 15.1 Å². The average Bonchev–Trinajstić information content (AvgIpc) is 3.43. The Bertz CT molecular complexity index is 1360. The van der Waals surface area contributed by atoms with Crippen LogP contribution in [0.3, 0.4) is 0 Å². The van der Waals surface area contributed by atoms with E-state index in [1.807, 2.05) is 13.0 Å². The maximum absolute atomic E-state index is 12.9. The number of rotatable bonds is 6. The van der Waals surface area contributed by atoms with E-state index >= 15 is 0 Å². The zero-order chi connectivity index (χ0) is 22.9. The van der Waals surface area contributed by atoms with E-state index in [0.717, 1.165) is 11.8 Å². The highest BCUT2D eigenvalue weighted by atomic mass is 35.5. The number of halogens is 1. The molecule has 0 fully saturated rings. The molecule has 1 N–H and O–H groups in total. The standard InChI is InChI=1S/C23H20ClN3O4S/c1-15(16-8-10-19(11-9-16)32(2,29)30)25-23(28)20-14-21(22-7-4-12-31-22)27(26-20)18-6-3-5-17(24)13-18/h3-15H,1-2H3,(H,25,28). The second-order valence-electron chi connectivity index (χ2n) is 7.32. The van der Waals surface area contributed by atoms with Gasteiger partial charge in [0, 0.05) is 17.3 Å². The predicted octanol–water partition coefficient (Wildman–Crippen LogP) is 4.68. The van der Waals surface area contributed by atoms with Crippen molar-refractivity contribution >= 4 is 27.3 Å². The molecule has 2 aromatic heterocycles. The molecule has 9 heteroatoms. The number of benzene rings is 2. The summed E-state index contributed by atoms with van der Waals surface area (Å²) in [4.78, 5) is 13.2. The molecule has 1 atom stereocenters. The maximum atomic E-state index is 12.9. The van der Waals surface area contributed by atoms with Crippen molar-refractivity contribution in [2.24, 2.45) is 0 Å². The normalized spacial score (nSPS) is 12.5. The van der Waals surface area contributed by atoms with Gasteiger partial charge in [0.25, 0.3) is 5.91 Å². The molecule has 0 radical (unpaired) electrons.